The molecule has 0 bridgehead atoms. The fourth-order valence-electron chi connectivity index (χ4n) is 2.20. The van der Waals surface area contributed by atoms with Gasteiger partial charge in [-0.25, -0.2) is 9.59 Å². The third-order valence-electron chi connectivity index (χ3n) is 3.50. The van der Waals surface area contributed by atoms with Gasteiger partial charge in [0.1, 0.15) is 18.7 Å². The van der Waals surface area contributed by atoms with Crippen LogP contribution in [0.2, 0.25) is 0 Å². The SMILES string of the molecule is COC(=O)/C=C/C(=O)OC[C@@H]1NC(=O)[C@H](Cc2ccccc2)NC1=O. The topological polar surface area (TPSA) is 111 Å². The maximum absolute atomic E-state index is 12.1. The number of carbonyl (C=O) groups is 4. The van der Waals surface area contributed by atoms with Gasteiger partial charge in [0.2, 0.25) is 11.8 Å². The molecule has 8 nitrogen and oxygen atoms in total. The zero-order chi connectivity index (χ0) is 18.2. The Balaban J connectivity index is 1.84. The molecule has 0 aromatic heterocycles. The van der Waals surface area contributed by atoms with E-state index in [1.54, 1.807) is 0 Å². The van der Waals surface area contributed by atoms with E-state index in [0.717, 1.165) is 17.7 Å². The minimum atomic E-state index is -0.977. The molecule has 0 saturated carbocycles. The van der Waals surface area contributed by atoms with E-state index >= 15 is 0 Å². The highest BCUT2D eigenvalue weighted by atomic mass is 16.5. The van der Waals surface area contributed by atoms with E-state index in [1.807, 2.05) is 30.3 Å². The van der Waals surface area contributed by atoms with Gasteiger partial charge in [-0.3, -0.25) is 9.59 Å². The Morgan fingerprint density at radius 3 is 2.28 bits per heavy atom. The summed E-state index contributed by atoms with van der Waals surface area (Å²) in [6.07, 6.45) is 2.15. The van der Waals surface area contributed by atoms with Gasteiger partial charge in [-0.05, 0) is 5.56 Å². The van der Waals surface area contributed by atoms with E-state index in [0.29, 0.717) is 6.42 Å². The van der Waals surface area contributed by atoms with Crippen molar-refractivity contribution in [2.24, 2.45) is 0 Å². The number of piperazine rings is 1. The number of carbonyl (C=O) groups excluding carboxylic acids is 4. The molecule has 0 spiro atoms. The Labute approximate surface area is 144 Å². The lowest BCUT2D eigenvalue weighted by molar-refractivity contribution is -0.144. The number of benzene rings is 1. The van der Waals surface area contributed by atoms with Crippen molar-refractivity contribution in [2.75, 3.05) is 13.7 Å². The van der Waals surface area contributed by atoms with E-state index in [4.69, 9.17) is 4.74 Å². The maximum atomic E-state index is 12.1. The number of amides is 2. The first-order valence-electron chi connectivity index (χ1n) is 7.57. The monoisotopic (exact) mass is 346 g/mol. The van der Waals surface area contributed by atoms with Gasteiger partial charge >= 0.3 is 11.9 Å². The highest BCUT2D eigenvalue weighted by Gasteiger charge is 2.34. The second-order valence-electron chi connectivity index (χ2n) is 5.30. The molecule has 1 saturated heterocycles. The summed E-state index contributed by atoms with van der Waals surface area (Å²) < 4.78 is 9.17. The van der Waals surface area contributed by atoms with Crippen LogP contribution in [0.4, 0.5) is 0 Å². The van der Waals surface area contributed by atoms with Crippen molar-refractivity contribution in [2.45, 2.75) is 18.5 Å². The van der Waals surface area contributed by atoms with Gasteiger partial charge in [0.05, 0.1) is 7.11 Å². The molecule has 2 rings (SSSR count). The van der Waals surface area contributed by atoms with Crippen LogP contribution in [0.15, 0.2) is 42.5 Å². The summed E-state index contributed by atoms with van der Waals surface area (Å²) in [6.45, 7) is -0.333. The zero-order valence-electron chi connectivity index (χ0n) is 13.6. The van der Waals surface area contributed by atoms with E-state index in [9.17, 15) is 19.2 Å². The van der Waals surface area contributed by atoms with E-state index in [2.05, 4.69) is 15.4 Å². The largest absolute Gasteiger partial charge is 0.466 e. The minimum absolute atomic E-state index is 0.333. The van der Waals surface area contributed by atoms with Crippen LogP contribution in [0.3, 0.4) is 0 Å². The molecule has 8 heteroatoms. The second-order valence-corrected chi connectivity index (χ2v) is 5.30. The highest BCUT2D eigenvalue weighted by Crippen LogP contribution is 2.07. The molecular formula is C17H18N2O6. The van der Waals surface area contributed by atoms with Crippen molar-refractivity contribution in [1.29, 1.82) is 0 Å². The molecule has 2 atom stereocenters. The van der Waals surface area contributed by atoms with Gasteiger partial charge in [0, 0.05) is 18.6 Å². The molecule has 1 aromatic carbocycles. The average Bonchev–Trinajstić information content (AvgIpc) is 2.62. The Morgan fingerprint density at radius 1 is 1.00 bits per heavy atom. The molecule has 0 aliphatic carbocycles. The lowest BCUT2D eigenvalue weighted by atomic mass is 10.0. The Morgan fingerprint density at radius 2 is 1.60 bits per heavy atom. The van der Waals surface area contributed by atoms with Crippen molar-refractivity contribution >= 4 is 23.8 Å². The summed E-state index contributed by atoms with van der Waals surface area (Å²) in [6, 6.07) is 7.63. The predicted octanol–water partition coefficient (Wildman–Crippen LogP) is -0.515. The molecule has 2 amide bonds. The van der Waals surface area contributed by atoms with Gasteiger partial charge in [-0.2, -0.15) is 0 Å². The van der Waals surface area contributed by atoms with Crippen molar-refractivity contribution in [3.8, 4) is 0 Å². The Kier molecular flexibility index (Phi) is 6.27. The smallest absolute Gasteiger partial charge is 0.331 e. The second kappa shape index (κ2) is 8.62. The number of hydrogen-bond acceptors (Lipinski definition) is 6. The predicted molar refractivity (Wildman–Crippen MR) is 86.1 cm³/mol. The van der Waals surface area contributed by atoms with Gasteiger partial charge in [-0.15, -0.1) is 0 Å². The van der Waals surface area contributed by atoms with Gasteiger partial charge in [0.25, 0.3) is 0 Å². The molecule has 0 radical (unpaired) electrons. The molecule has 132 valence electrons. The molecule has 25 heavy (non-hydrogen) atoms. The Hall–Kier alpha value is -3.16. The molecule has 1 heterocycles. The molecule has 1 fully saturated rings. The van der Waals surface area contributed by atoms with Crippen LogP contribution in [0.5, 0.6) is 0 Å². The van der Waals surface area contributed by atoms with Crippen LogP contribution in [-0.4, -0.2) is 49.6 Å². The van der Waals surface area contributed by atoms with Crippen molar-refractivity contribution in [3.63, 3.8) is 0 Å². The normalized spacial score (nSPS) is 19.9. The zero-order valence-corrected chi connectivity index (χ0v) is 13.6. The van der Waals surface area contributed by atoms with Crippen LogP contribution in [0.1, 0.15) is 5.56 Å². The van der Waals surface area contributed by atoms with Crippen molar-refractivity contribution < 1.29 is 28.7 Å². The summed E-state index contributed by atoms with van der Waals surface area (Å²) in [4.78, 5) is 46.5. The number of hydrogen-bond donors (Lipinski definition) is 2. The third-order valence-corrected chi connectivity index (χ3v) is 3.50. The first-order chi connectivity index (χ1) is 12.0. The van der Waals surface area contributed by atoms with Crippen LogP contribution < -0.4 is 10.6 Å². The van der Waals surface area contributed by atoms with Crippen LogP contribution in [-0.2, 0) is 35.1 Å². The standard InChI is InChI=1S/C17H18N2O6/c1-24-14(20)7-8-15(21)25-10-13-17(23)18-12(16(22)19-13)9-11-5-3-2-4-6-11/h2-8,12-13H,9-10H2,1H3,(H,18,23)(H,19,22)/b8-7+/t12-,13-/m0/s1. The van der Waals surface area contributed by atoms with Crippen LogP contribution in [0, 0.1) is 0 Å². The van der Waals surface area contributed by atoms with Gasteiger partial charge < -0.3 is 20.1 Å². The van der Waals surface area contributed by atoms with E-state index < -0.39 is 29.9 Å². The van der Waals surface area contributed by atoms with Gasteiger partial charge in [0.15, 0.2) is 0 Å². The van der Waals surface area contributed by atoms with Gasteiger partial charge in [-0.1, -0.05) is 30.3 Å². The summed E-state index contributed by atoms with van der Waals surface area (Å²) in [5.74, 6) is -2.32. The summed E-state index contributed by atoms with van der Waals surface area (Å²) in [7, 11) is 1.17. The molecule has 1 aliphatic heterocycles. The van der Waals surface area contributed by atoms with Crippen LogP contribution in [0.25, 0.3) is 0 Å². The van der Waals surface area contributed by atoms with Crippen molar-refractivity contribution in [3.05, 3.63) is 48.0 Å². The summed E-state index contributed by atoms with van der Waals surface area (Å²) in [5, 5.41) is 5.14. The summed E-state index contributed by atoms with van der Waals surface area (Å²) >= 11 is 0. The molecule has 1 aliphatic rings. The highest BCUT2D eigenvalue weighted by molar-refractivity contribution is 5.97. The van der Waals surface area contributed by atoms with E-state index in [-0.39, 0.29) is 12.5 Å². The fraction of sp³-hybridized carbons (Fsp3) is 0.294. The molecule has 2 N–H and O–H groups in total. The number of methoxy groups -OCH3 is 1. The maximum Gasteiger partial charge on any atom is 0.331 e. The summed E-state index contributed by atoms with van der Waals surface area (Å²) in [5.41, 5.74) is 0.917. The minimum Gasteiger partial charge on any atom is -0.466 e. The number of rotatable bonds is 6. The molecular weight excluding hydrogens is 328 g/mol. The molecule has 1 aromatic rings. The quantitative estimate of drug-likeness (QED) is 0.530. The lowest BCUT2D eigenvalue weighted by Gasteiger charge is -2.29. The number of nitrogens with one attached hydrogen (secondary N) is 2. The fourth-order valence-corrected chi connectivity index (χ4v) is 2.20. The number of ether oxygens (including phenoxy) is 2. The first kappa shape index (κ1) is 18.2. The lowest BCUT2D eigenvalue weighted by Crippen LogP contribution is -2.63. The number of esters is 2. The van der Waals surface area contributed by atoms with Crippen molar-refractivity contribution in [1.82, 2.24) is 10.6 Å². The van der Waals surface area contributed by atoms with E-state index in [1.165, 1.54) is 7.11 Å². The Bertz CT molecular complexity index is 686. The molecule has 0 unspecified atom stereocenters. The average molecular weight is 346 g/mol. The first-order valence-corrected chi connectivity index (χ1v) is 7.57. The van der Waals surface area contributed by atoms with Crippen LogP contribution >= 0.6 is 0 Å². The third kappa shape index (κ3) is 5.45.